The molecule has 0 saturated carbocycles. The second-order valence-corrected chi connectivity index (χ2v) is 5.67. The minimum absolute atomic E-state index is 0. The van der Waals surface area contributed by atoms with Crippen LogP contribution in [-0.2, 0) is 24.4 Å². The molecule has 0 heterocycles. The van der Waals surface area contributed by atoms with Crippen LogP contribution in [0.25, 0.3) is 0 Å². The minimum Gasteiger partial charge on any atom is -0.269 e. The molecule has 0 aromatic rings. The first kappa shape index (κ1) is 15.7. The van der Waals surface area contributed by atoms with Gasteiger partial charge in [0.25, 0.3) is 0 Å². The zero-order valence-corrected chi connectivity index (χ0v) is 12.4. The van der Waals surface area contributed by atoms with Gasteiger partial charge in [-0.2, -0.15) is 0 Å². The van der Waals surface area contributed by atoms with E-state index in [0.29, 0.717) is 5.41 Å². The summed E-state index contributed by atoms with van der Waals surface area (Å²) in [6.45, 7) is 11.5. The van der Waals surface area contributed by atoms with Gasteiger partial charge in [0.2, 0.25) is 0 Å². The Bertz CT molecular complexity index is 236. The SMILES string of the molecule is CC1=C(C)C(C)(C)[C]([Hf])=C1C.F.F. The van der Waals surface area contributed by atoms with Gasteiger partial charge in [0, 0.05) is 0 Å². The summed E-state index contributed by atoms with van der Waals surface area (Å²) >= 11 is 1.21. The smallest absolute Gasteiger partial charge is 0.269 e. The zero-order valence-electron chi connectivity index (χ0n) is 8.82. The van der Waals surface area contributed by atoms with Crippen LogP contribution in [0.4, 0.5) is 9.41 Å². The Balaban J connectivity index is 0. The van der Waals surface area contributed by atoms with Crippen molar-refractivity contribution < 1.29 is 33.8 Å². The third kappa shape index (κ3) is 2.17. The molecule has 0 atom stereocenters. The molecule has 0 fully saturated rings. The van der Waals surface area contributed by atoms with E-state index in [9.17, 15) is 0 Å². The first-order valence-corrected chi connectivity index (χ1v) is 5.80. The summed E-state index contributed by atoms with van der Waals surface area (Å²) in [5.41, 5.74) is 5.03. The predicted octanol–water partition coefficient (Wildman–Crippen LogP) is 3.49. The van der Waals surface area contributed by atoms with Gasteiger partial charge in [-0.05, 0) is 0 Å². The third-order valence-corrected chi connectivity index (χ3v) is 6.66. The first-order chi connectivity index (χ1) is 4.89. The third-order valence-electron chi connectivity index (χ3n) is 3.06. The maximum atomic E-state index is 2.34. The molecular weight excluding hydrogens is 337 g/mol. The number of hydrogen-bond acceptors (Lipinski definition) is 0. The van der Waals surface area contributed by atoms with Crippen LogP contribution in [0.5, 0.6) is 0 Å². The Hall–Kier alpha value is 0.210. The number of allylic oxidation sites excluding steroid dienone is 4. The molecule has 0 aliphatic heterocycles. The number of hydrogen-bond donors (Lipinski definition) is 0. The fourth-order valence-corrected chi connectivity index (χ4v) is 2.94. The van der Waals surface area contributed by atoms with Crippen LogP contribution in [0.3, 0.4) is 0 Å². The van der Waals surface area contributed by atoms with Gasteiger partial charge in [-0.15, -0.1) is 0 Å². The van der Waals surface area contributed by atoms with Crippen molar-refractivity contribution in [3.05, 3.63) is 20.0 Å². The van der Waals surface area contributed by atoms with Crippen LogP contribution in [-0.4, -0.2) is 0 Å². The molecule has 3 heteroatoms. The Morgan fingerprint density at radius 2 is 1.31 bits per heavy atom. The van der Waals surface area contributed by atoms with Crippen molar-refractivity contribution in [2.75, 3.05) is 0 Å². The maximum absolute atomic E-state index is 2.34. The van der Waals surface area contributed by atoms with Crippen LogP contribution < -0.4 is 0 Å². The van der Waals surface area contributed by atoms with Gasteiger partial charge in [-0.3, -0.25) is 9.41 Å². The molecular formula is C10H17F2Hf. The summed E-state index contributed by atoms with van der Waals surface area (Å²) in [5, 5.41) is 0. The largest absolute Gasteiger partial charge is 0.269 e. The van der Waals surface area contributed by atoms with E-state index < -0.39 is 0 Å². The van der Waals surface area contributed by atoms with E-state index in [2.05, 4.69) is 34.6 Å². The molecule has 13 heavy (non-hydrogen) atoms. The molecule has 0 radical (unpaired) electrons. The normalized spacial score (nSPS) is 19.7. The van der Waals surface area contributed by atoms with Gasteiger partial charge in [-0.1, -0.05) is 0 Å². The van der Waals surface area contributed by atoms with Gasteiger partial charge >= 0.3 is 84.5 Å². The zero-order chi connectivity index (χ0) is 8.81. The van der Waals surface area contributed by atoms with Crippen LogP contribution >= 0.6 is 0 Å². The molecule has 0 saturated heterocycles. The number of halogens is 2. The van der Waals surface area contributed by atoms with E-state index in [1.165, 1.54) is 29.9 Å². The summed E-state index contributed by atoms with van der Waals surface area (Å²) < 4.78 is 1.67. The molecule has 0 bridgehead atoms. The van der Waals surface area contributed by atoms with E-state index in [-0.39, 0.29) is 9.41 Å². The minimum atomic E-state index is 0. The van der Waals surface area contributed by atoms with Crippen LogP contribution in [0.15, 0.2) is 20.0 Å². The van der Waals surface area contributed by atoms with Crippen LogP contribution in [0, 0.1) is 5.41 Å². The van der Waals surface area contributed by atoms with Gasteiger partial charge in [0.1, 0.15) is 0 Å². The standard InChI is InChI=1S/C10H15.2FH.Hf/c1-7-6-10(4,5)9(3)8(7)2;;;/h1-5H3;2*1H;. The van der Waals surface area contributed by atoms with E-state index in [1.54, 1.807) is 14.5 Å². The molecule has 0 unspecified atom stereocenters. The average Bonchev–Trinajstić information content (AvgIpc) is 2.06. The van der Waals surface area contributed by atoms with Crippen molar-refractivity contribution in [1.29, 1.82) is 0 Å². The molecule has 75 valence electrons. The Labute approximate surface area is 93.8 Å². The Morgan fingerprint density at radius 1 is 0.923 bits per heavy atom. The topological polar surface area (TPSA) is 0 Å². The summed E-state index contributed by atoms with van der Waals surface area (Å²) in [5.74, 6) is 0. The fourth-order valence-electron chi connectivity index (χ4n) is 1.59. The van der Waals surface area contributed by atoms with E-state index in [1.807, 2.05) is 0 Å². The van der Waals surface area contributed by atoms with E-state index >= 15 is 0 Å². The Kier molecular flexibility index (Phi) is 5.58. The van der Waals surface area contributed by atoms with Gasteiger partial charge in [0.05, 0.1) is 0 Å². The molecule has 1 aliphatic carbocycles. The maximum Gasteiger partial charge on any atom is -0.269 e. The fraction of sp³-hybridized carbons (Fsp3) is 0.600. The summed E-state index contributed by atoms with van der Waals surface area (Å²) in [7, 11) is 0. The summed E-state index contributed by atoms with van der Waals surface area (Å²) in [6.07, 6.45) is 0. The second-order valence-electron chi connectivity index (χ2n) is 3.88. The molecule has 0 spiro atoms. The van der Waals surface area contributed by atoms with Gasteiger partial charge in [0.15, 0.2) is 0 Å². The van der Waals surface area contributed by atoms with Gasteiger partial charge in [-0.25, -0.2) is 0 Å². The quantitative estimate of drug-likeness (QED) is 0.585. The van der Waals surface area contributed by atoms with Crippen molar-refractivity contribution in [3.63, 3.8) is 0 Å². The molecule has 0 amide bonds. The predicted molar refractivity (Wildman–Crippen MR) is 49.9 cm³/mol. The average molecular weight is 354 g/mol. The van der Waals surface area contributed by atoms with E-state index in [4.69, 9.17) is 0 Å². The second kappa shape index (κ2) is 4.63. The van der Waals surface area contributed by atoms with Crippen LogP contribution in [0.1, 0.15) is 34.6 Å². The summed E-state index contributed by atoms with van der Waals surface area (Å²) in [4.78, 5) is 0. The molecule has 0 aromatic carbocycles. The van der Waals surface area contributed by atoms with E-state index in [0.717, 1.165) is 0 Å². The molecule has 0 N–H and O–H groups in total. The van der Waals surface area contributed by atoms with Crippen molar-refractivity contribution >= 4 is 0 Å². The molecule has 0 nitrogen and oxygen atoms in total. The van der Waals surface area contributed by atoms with Crippen molar-refractivity contribution in [2.45, 2.75) is 34.6 Å². The van der Waals surface area contributed by atoms with Crippen molar-refractivity contribution in [2.24, 2.45) is 5.41 Å². The van der Waals surface area contributed by atoms with Gasteiger partial charge < -0.3 is 0 Å². The Morgan fingerprint density at radius 3 is 1.38 bits per heavy atom. The molecule has 0 aromatic heterocycles. The monoisotopic (exact) mass is 355 g/mol. The number of rotatable bonds is 0. The molecule has 1 aliphatic rings. The first-order valence-electron chi connectivity index (χ1n) is 4.00. The molecule has 1 rings (SSSR count). The summed E-state index contributed by atoms with van der Waals surface area (Å²) in [6, 6.07) is 0. The van der Waals surface area contributed by atoms with Crippen LogP contribution in [0.2, 0.25) is 0 Å². The van der Waals surface area contributed by atoms with Crippen molar-refractivity contribution in [1.82, 2.24) is 0 Å². The van der Waals surface area contributed by atoms with Crippen molar-refractivity contribution in [3.8, 4) is 0 Å².